The number of benzene rings is 1. The highest BCUT2D eigenvalue weighted by Gasteiger charge is 2.20. The van der Waals surface area contributed by atoms with Gasteiger partial charge in [0.25, 0.3) is 0 Å². The molecule has 1 aromatic carbocycles. The Kier molecular flexibility index (Phi) is 4.22. The van der Waals surface area contributed by atoms with E-state index in [0.717, 1.165) is 33.6 Å². The summed E-state index contributed by atoms with van der Waals surface area (Å²) in [7, 11) is 0. The summed E-state index contributed by atoms with van der Waals surface area (Å²) in [6, 6.07) is 6.99. The number of aryl methyl sites for hydroxylation is 2. The maximum absolute atomic E-state index is 5.79. The minimum absolute atomic E-state index is 0.392. The molecule has 0 amide bonds. The van der Waals surface area contributed by atoms with Gasteiger partial charge in [-0.2, -0.15) is 4.98 Å². The van der Waals surface area contributed by atoms with Gasteiger partial charge in [0.1, 0.15) is 5.75 Å². The zero-order valence-corrected chi connectivity index (χ0v) is 13.8. The molecule has 4 nitrogen and oxygen atoms in total. The summed E-state index contributed by atoms with van der Waals surface area (Å²) >= 11 is 3.45. The molecule has 1 saturated carbocycles. The van der Waals surface area contributed by atoms with E-state index >= 15 is 0 Å². The first-order valence-electron chi connectivity index (χ1n) is 7.12. The van der Waals surface area contributed by atoms with Crippen molar-refractivity contribution in [2.75, 3.05) is 0 Å². The highest BCUT2D eigenvalue weighted by Crippen LogP contribution is 2.26. The molecule has 0 bridgehead atoms. The molecule has 2 aromatic rings. The summed E-state index contributed by atoms with van der Waals surface area (Å²) in [5.74, 6) is 0.771. The lowest BCUT2D eigenvalue weighted by molar-refractivity contribution is 0.435. The summed E-state index contributed by atoms with van der Waals surface area (Å²) in [5.41, 5.74) is 3.14. The Morgan fingerprint density at radius 2 is 2.14 bits per heavy atom. The third kappa shape index (κ3) is 3.80. The van der Waals surface area contributed by atoms with Crippen molar-refractivity contribution in [2.24, 2.45) is 0 Å². The highest BCUT2D eigenvalue weighted by atomic mass is 79.9. The van der Waals surface area contributed by atoms with Gasteiger partial charge in [-0.25, -0.2) is 4.98 Å². The molecule has 1 aliphatic rings. The van der Waals surface area contributed by atoms with Crippen molar-refractivity contribution in [3.8, 4) is 11.8 Å². The molecule has 1 aliphatic carbocycles. The number of hydrogen-bond donors (Lipinski definition) is 1. The van der Waals surface area contributed by atoms with Gasteiger partial charge in [0, 0.05) is 34.5 Å². The monoisotopic (exact) mass is 347 g/mol. The molecule has 0 aliphatic heterocycles. The SMILES string of the molecule is Cc1ccc(Br)cc1Oc1ncc(CNC2CC2)c(C)n1. The maximum Gasteiger partial charge on any atom is 0.322 e. The zero-order valence-electron chi connectivity index (χ0n) is 12.2. The van der Waals surface area contributed by atoms with Crippen LogP contribution in [-0.4, -0.2) is 16.0 Å². The molecule has 110 valence electrons. The second-order valence-electron chi connectivity index (χ2n) is 5.43. The number of rotatable bonds is 5. The molecular weight excluding hydrogens is 330 g/mol. The van der Waals surface area contributed by atoms with E-state index in [1.54, 1.807) is 0 Å². The molecule has 5 heteroatoms. The van der Waals surface area contributed by atoms with Crippen molar-refractivity contribution in [1.82, 2.24) is 15.3 Å². The summed E-state index contributed by atoms with van der Waals surface area (Å²) in [5, 5.41) is 3.47. The van der Waals surface area contributed by atoms with E-state index in [-0.39, 0.29) is 0 Å². The summed E-state index contributed by atoms with van der Waals surface area (Å²) in [4.78, 5) is 8.76. The highest BCUT2D eigenvalue weighted by molar-refractivity contribution is 9.10. The van der Waals surface area contributed by atoms with Crippen LogP contribution in [0.15, 0.2) is 28.9 Å². The summed E-state index contributed by atoms with van der Waals surface area (Å²) < 4.78 is 6.77. The average molecular weight is 348 g/mol. The molecule has 0 saturated heterocycles. The number of nitrogens with zero attached hydrogens (tertiary/aromatic N) is 2. The zero-order chi connectivity index (χ0) is 14.8. The second-order valence-corrected chi connectivity index (χ2v) is 6.35. The predicted molar refractivity (Wildman–Crippen MR) is 85.6 cm³/mol. The quantitative estimate of drug-likeness (QED) is 0.890. The van der Waals surface area contributed by atoms with Crippen LogP contribution in [0.1, 0.15) is 29.7 Å². The lowest BCUT2D eigenvalue weighted by atomic mass is 10.2. The lowest BCUT2D eigenvalue weighted by Gasteiger charge is -2.10. The average Bonchev–Trinajstić information content (AvgIpc) is 3.26. The van der Waals surface area contributed by atoms with Crippen LogP contribution in [0.2, 0.25) is 0 Å². The van der Waals surface area contributed by atoms with Crippen molar-refractivity contribution in [2.45, 2.75) is 39.3 Å². The van der Waals surface area contributed by atoms with E-state index in [0.29, 0.717) is 12.1 Å². The minimum Gasteiger partial charge on any atom is -0.424 e. The van der Waals surface area contributed by atoms with Gasteiger partial charge in [-0.1, -0.05) is 22.0 Å². The van der Waals surface area contributed by atoms with Crippen molar-refractivity contribution in [1.29, 1.82) is 0 Å². The molecular formula is C16H18BrN3O. The maximum atomic E-state index is 5.79. The predicted octanol–water partition coefficient (Wildman–Crippen LogP) is 3.90. The van der Waals surface area contributed by atoms with Gasteiger partial charge in [0.05, 0.1) is 0 Å². The van der Waals surface area contributed by atoms with E-state index in [2.05, 4.69) is 31.2 Å². The Morgan fingerprint density at radius 1 is 1.33 bits per heavy atom. The molecule has 1 N–H and O–H groups in total. The van der Waals surface area contributed by atoms with Crippen LogP contribution >= 0.6 is 15.9 Å². The second kappa shape index (κ2) is 6.12. The van der Waals surface area contributed by atoms with E-state index in [9.17, 15) is 0 Å². The molecule has 1 heterocycles. The van der Waals surface area contributed by atoms with Gasteiger partial charge in [0.15, 0.2) is 0 Å². The molecule has 1 aromatic heterocycles. The topological polar surface area (TPSA) is 47.0 Å². The molecule has 0 unspecified atom stereocenters. The number of nitrogens with one attached hydrogen (secondary N) is 1. The van der Waals surface area contributed by atoms with Crippen LogP contribution in [-0.2, 0) is 6.54 Å². The van der Waals surface area contributed by atoms with Crippen LogP contribution in [0.5, 0.6) is 11.8 Å². The molecule has 3 rings (SSSR count). The fourth-order valence-corrected chi connectivity index (χ4v) is 2.36. The Bertz CT molecular complexity index is 656. The van der Waals surface area contributed by atoms with E-state index in [1.807, 2.05) is 38.2 Å². The Labute approximate surface area is 133 Å². The van der Waals surface area contributed by atoms with E-state index < -0.39 is 0 Å². The number of halogens is 1. The third-order valence-electron chi connectivity index (χ3n) is 3.57. The van der Waals surface area contributed by atoms with E-state index in [4.69, 9.17) is 4.74 Å². The van der Waals surface area contributed by atoms with Gasteiger partial charge in [0.2, 0.25) is 0 Å². The first kappa shape index (κ1) is 14.5. The molecule has 0 spiro atoms. The van der Waals surface area contributed by atoms with Gasteiger partial charge >= 0.3 is 6.01 Å². The summed E-state index contributed by atoms with van der Waals surface area (Å²) in [6.07, 6.45) is 4.41. The largest absolute Gasteiger partial charge is 0.424 e. The Morgan fingerprint density at radius 3 is 2.86 bits per heavy atom. The fourth-order valence-electron chi connectivity index (χ4n) is 2.02. The third-order valence-corrected chi connectivity index (χ3v) is 4.06. The van der Waals surface area contributed by atoms with Gasteiger partial charge in [-0.05, 0) is 44.4 Å². The Hall–Kier alpha value is -1.46. The van der Waals surface area contributed by atoms with Crippen LogP contribution in [0, 0.1) is 13.8 Å². The first-order valence-corrected chi connectivity index (χ1v) is 7.91. The lowest BCUT2D eigenvalue weighted by Crippen LogP contribution is -2.16. The number of ether oxygens (including phenoxy) is 1. The minimum atomic E-state index is 0.392. The standard InChI is InChI=1S/C16H18BrN3O/c1-10-3-4-13(17)7-15(10)21-16-19-9-12(11(2)20-16)8-18-14-5-6-14/h3-4,7,9,14,18H,5-6,8H2,1-2H3. The smallest absolute Gasteiger partial charge is 0.322 e. The van der Waals surface area contributed by atoms with Gasteiger partial charge < -0.3 is 10.1 Å². The van der Waals surface area contributed by atoms with Crippen LogP contribution in [0.3, 0.4) is 0 Å². The van der Waals surface area contributed by atoms with E-state index in [1.165, 1.54) is 12.8 Å². The van der Waals surface area contributed by atoms with Crippen LogP contribution < -0.4 is 10.1 Å². The normalized spacial score (nSPS) is 14.2. The van der Waals surface area contributed by atoms with Gasteiger partial charge in [-0.15, -0.1) is 0 Å². The molecule has 0 atom stereocenters. The molecule has 1 fully saturated rings. The van der Waals surface area contributed by atoms with Crippen molar-refractivity contribution >= 4 is 15.9 Å². The Balaban J connectivity index is 1.73. The van der Waals surface area contributed by atoms with Crippen LogP contribution in [0.4, 0.5) is 0 Å². The summed E-state index contributed by atoms with van der Waals surface area (Å²) in [6.45, 7) is 4.82. The van der Waals surface area contributed by atoms with Gasteiger partial charge in [-0.3, -0.25) is 0 Å². The van der Waals surface area contributed by atoms with Crippen molar-refractivity contribution in [3.05, 3.63) is 45.7 Å². The number of aromatic nitrogens is 2. The van der Waals surface area contributed by atoms with Crippen molar-refractivity contribution in [3.63, 3.8) is 0 Å². The molecule has 21 heavy (non-hydrogen) atoms. The molecule has 0 radical (unpaired) electrons. The number of hydrogen-bond acceptors (Lipinski definition) is 4. The first-order chi connectivity index (χ1) is 10.1. The van der Waals surface area contributed by atoms with Crippen LogP contribution in [0.25, 0.3) is 0 Å². The fraction of sp³-hybridized carbons (Fsp3) is 0.375. The van der Waals surface area contributed by atoms with Crippen molar-refractivity contribution < 1.29 is 4.74 Å².